The van der Waals surface area contributed by atoms with Gasteiger partial charge in [0, 0.05) is 16.7 Å². The van der Waals surface area contributed by atoms with Gasteiger partial charge in [0.2, 0.25) is 0 Å². The molecule has 1 fully saturated rings. The van der Waals surface area contributed by atoms with E-state index in [4.69, 9.17) is 11.5 Å². The van der Waals surface area contributed by atoms with Crippen LogP contribution in [0.15, 0.2) is 59.5 Å². The second-order valence-electron chi connectivity index (χ2n) is 7.58. The molecule has 33 heavy (non-hydrogen) atoms. The van der Waals surface area contributed by atoms with Crippen LogP contribution in [0.25, 0.3) is 16.8 Å². The van der Waals surface area contributed by atoms with Gasteiger partial charge in [-0.25, -0.2) is 0 Å². The van der Waals surface area contributed by atoms with Crippen molar-refractivity contribution in [3.05, 3.63) is 65.8 Å². The Balaban J connectivity index is 1.76. The van der Waals surface area contributed by atoms with E-state index >= 15 is 0 Å². The molecule has 2 aromatic rings. The van der Waals surface area contributed by atoms with E-state index in [0.717, 1.165) is 27.9 Å². The van der Waals surface area contributed by atoms with Gasteiger partial charge in [0.15, 0.2) is 12.5 Å². The van der Waals surface area contributed by atoms with Crippen LogP contribution in [0.1, 0.15) is 36.9 Å². The molecular formula is C23H24F5N3OS. The normalized spacial score (nSPS) is 15.6. The molecule has 0 atom stereocenters. The van der Waals surface area contributed by atoms with E-state index in [0.29, 0.717) is 11.6 Å². The van der Waals surface area contributed by atoms with E-state index in [-0.39, 0.29) is 5.70 Å². The predicted molar refractivity (Wildman–Crippen MR) is 119 cm³/mol. The summed E-state index contributed by atoms with van der Waals surface area (Å²) < 4.78 is 66.9. The summed E-state index contributed by atoms with van der Waals surface area (Å²) in [5.74, 6) is -4.22. The highest BCUT2D eigenvalue weighted by molar-refractivity contribution is 7.99. The van der Waals surface area contributed by atoms with Gasteiger partial charge in [0.05, 0.1) is 11.4 Å². The quantitative estimate of drug-likeness (QED) is 0.196. The van der Waals surface area contributed by atoms with Gasteiger partial charge in [-0.2, -0.15) is 22.0 Å². The molecule has 0 aliphatic heterocycles. The van der Waals surface area contributed by atoms with Crippen molar-refractivity contribution in [1.82, 2.24) is 4.98 Å². The first kappa shape index (κ1) is 24.9. The minimum absolute atomic E-state index is 0.163. The molecule has 4 nitrogen and oxygen atoms in total. The second kappa shape index (κ2) is 10.0. The molecule has 0 spiro atoms. The number of nitrogens with two attached hydrogens (primary N) is 2. The summed E-state index contributed by atoms with van der Waals surface area (Å²) in [6, 6.07) is 10.3. The van der Waals surface area contributed by atoms with Crippen molar-refractivity contribution in [2.45, 2.75) is 42.7 Å². The van der Waals surface area contributed by atoms with Crippen LogP contribution in [0.3, 0.4) is 0 Å². The molecule has 1 aliphatic rings. The molecule has 1 aromatic carbocycles. The fourth-order valence-electron chi connectivity index (χ4n) is 3.00. The van der Waals surface area contributed by atoms with Gasteiger partial charge in [0.1, 0.15) is 0 Å². The number of allylic oxidation sites excluding steroid dienone is 2. The molecule has 0 saturated heterocycles. The highest BCUT2D eigenvalue weighted by Crippen LogP contribution is 2.40. The molecule has 0 unspecified atom stereocenters. The van der Waals surface area contributed by atoms with Crippen LogP contribution in [-0.4, -0.2) is 29.4 Å². The highest BCUT2D eigenvalue weighted by Gasteiger charge is 2.58. The number of ether oxygens (including phenoxy) is 1. The number of pyridine rings is 1. The number of thioether (sulfide) groups is 1. The number of halogens is 5. The van der Waals surface area contributed by atoms with Gasteiger partial charge >= 0.3 is 12.1 Å². The molecule has 178 valence electrons. The largest absolute Gasteiger partial charge is 0.473 e. The summed E-state index contributed by atoms with van der Waals surface area (Å²) in [6.07, 6.45) is 0.690. The molecule has 0 radical (unpaired) electrons. The number of aromatic nitrogens is 1. The summed E-state index contributed by atoms with van der Waals surface area (Å²) in [5.41, 5.74) is 15.3. The Morgan fingerprint density at radius 1 is 1.09 bits per heavy atom. The molecule has 1 saturated carbocycles. The average molecular weight is 486 g/mol. The molecular weight excluding hydrogens is 461 g/mol. The Morgan fingerprint density at radius 2 is 1.76 bits per heavy atom. The maximum absolute atomic E-state index is 12.9. The lowest BCUT2D eigenvalue weighted by molar-refractivity contribution is -0.293. The van der Waals surface area contributed by atoms with Crippen LogP contribution in [0, 0.1) is 0 Å². The number of rotatable bonds is 9. The Labute approximate surface area is 192 Å². The number of alkyl halides is 5. The van der Waals surface area contributed by atoms with Crippen molar-refractivity contribution in [3.8, 4) is 11.1 Å². The van der Waals surface area contributed by atoms with Crippen LogP contribution in [0.2, 0.25) is 0 Å². The summed E-state index contributed by atoms with van der Waals surface area (Å²) >= 11 is 1.52. The number of benzene rings is 1. The van der Waals surface area contributed by atoms with Crippen LogP contribution in [-0.2, 0) is 4.74 Å². The standard InChI is InChI=1S/C23H24F5N3OS/c1-2-33-19-11-17(16-7-5-15(6-8-16)14-3-4-14)12-31-21(19)18(29)9-10-20(30)32-13-22(24,25)23(26,27)28/h5-12,14H,2-4,13,29-30H2,1H3/b18-9-,20-10+. The van der Waals surface area contributed by atoms with Gasteiger partial charge in [-0.1, -0.05) is 31.2 Å². The van der Waals surface area contributed by atoms with Crippen molar-refractivity contribution in [3.63, 3.8) is 0 Å². The van der Waals surface area contributed by atoms with Gasteiger partial charge in [-0.05, 0) is 53.9 Å². The van der Waals surface area contributed by atoms with E-state index in [9.17, 15) is 22.0 Å². The Kier molecular flexibility index (Phi) is 7.56. The molecule has 1 aromatic heterocycles. The molecule has 1 heterocycles. The third-order valence-electron chi connectivity index (χ3n) is 4.98. The first-order valence-electron chi connectivity index (χ1n) is 10.3. The van der Waals surface area contributed by atoms with Crippen LogP contribution >= 0.6 is 11.8 Å². The summed E-state index contributed by atoms with van der Waals surface area (Å²) in [5, 5.41) is 0. The average Bonchev–Trinajstić information content (AvgIpc) is 3.61. The lowest BCUT2D eigenvalue weighted by atomic mass is 10.0. The molecule has 0 bridgehead atoms. The fraction of sp³-hybridized carbons (Fsp3) is 0.348. The monoisotopic (exact) mass is 485 g/mol. The van der Waals surface area contributed by atoms with Crippen molar-refractivity contribution >= 4 is 17.5 Å². The minimum atomic E-state index is -5.72. The van der Waals surface area contributed by atoms with Crippen molar-refractivity contribution < 1.29 is 26.7 Å². The highest BCUT2D eigenvalue weighted by atomic mass is 32.2. The van der Waals surface area contributed by atoms with Crippen molar-refractivity contribution in [2.75, 3.05) is 12.4 Å². The first-order chi connectivity index (χ1) is 15.5. The van der Waals surface area contributed by atoms with Gasteiger partial charge in [-0.15, -0.1) is 11.8 Å². The Bertz CT molecular complexity index is 1030. The zero-order chi connectivity index (χ0) is 24.2. The smallest absolute Gasteiger partial charge is 0.456 e. The lowest BCUT2D eigenvalue weighted by Crippen LogP contribution is -2.41. The van der Waals surface area contributed by atoms with Gasteiger partial charge in [-0.3, -0.25) is 4.98 Å². The maximum atomic E-state index is 12.9. The molecule has 1 aliphatic carbocycles. The van der Waals surface area contributed by atoms with Crippen LogP contribution in [0.4, 0.5) is 22.0 Å². The van der Waals surface area contributed by atoms with Crippen molar-refractivity contribution in [2.24, 2.45) is 11.5 Å². The summed E-state index contributed by atoms with van der Waals surface area (Å²) in [7, 11) is 0. The van der Waals surface area contributed by atoms with E-state index in [2.05, 4.69) is 34.0 Å². The maximum Gasteiger partial charge on any atom is 0.456 e. The number of hydrogen-bond acceptors (Lipinski definition) is 5. The third kappa shape index (κ3) is 6.40. The Morgan fingerprint density at radius 3 is 2.33 bits per heavy atom. The van der Waals surface area contributed by atoms with E-state index in [1.54, 1.807) is 6.20 Å². The predicted octanol–water partition coefficient (Wildman–Crippen LogP) is 6.05. The molecule has 3 rings (SSSR count). The topological polar surface area (TPSA) is 74.2 Å². The summed E-state index contributed by atoms with van der Waals surface area (Å²) in [6.45, 7) is 0.0496. The lowest BCUT2D eigenvalue weighted by Gasteiger charge is -2.19. The fourth-order valence-corrected chi connectivity index (χ4v) is 3.83. The van der Waals surface area contributed by atoms with Crippen molar-refractivity contribution in [1.29, 1.82) is 0 Å². The van der Waals surface area contributed by atoms with Crippen LogP contribution < -0.4 is 11.5 Å². The van der Waals surface area contributed by atoms with Gasteiger partial charge in [0.25, 0.3) is 0 Å². The van der Waals surface area contributed by atoms with E-state index in [1.807, 2.05) is 13.0 Å². The van der Waals surface area contributed by atoms with Crippen LogP contribution in [0.5, 0.6) is 0 Å². The summed E-state index contributed by atoms with van der Waals surface area (Å²) in [4.78, 5) is 5.24. The molecule has 10 heteroatoms. The zero-order valence-electron chi connectivity index (χ0n) is 17.8. The first-order valence-corrected chi connectivity index (χ1v) is 11.2. The van der Waals surface area contributed by atoms with E-state index < -0.39 is 24.6 Å². The third-order valence-corrected chi connectivity index (χ3v) is 5.89. The SMILES string of the molecule is CCSc1cc(-c2ccc(C3CC3)cc2)cnc1/C(N)=C/C=C(\N)OCC(F)(F)C(F)(F)F. The van der Waals surface area contributed by atoms with E-state index in [1.165, 1.54) is 36.2 Å². The zero-order valence-corrected chi connectivity index (χ0v) is 18.6. The van der Waals surface area contributed by atoms with Gasteiger partial charge < -0.3 is 16.2 Å². The Hall–Kier alpha value is -2.75. The second-order valence-corrected chi connectivity index (χ2v) is 8.89. The number of hydrogen-bond donors (Lipinski definition) is 2. The molecule has 4 N–H and O–H groups in total. The number of nitrogens with zero attached hydrogens (tertiary/aromatic N) is 1. The minimum Gasteiger partial charge on any atom is -0.473 e. The molecule has 0 amide bonds.